The number of halogens is 2. The second-order valence-corrected chi connectivity index (χ2v) is 4.91. The fourth-order valence-corrected chi connectivity index (χ4v) is 2.17. The van der Waals surface area contributed by atoms with E-state index in [1.165, 1.54) is 6.07 Å². The lowest BCUT2D eigenvalue weighted by molar-refractivity contribution is 0.599. The molecule has 0 amide bonds. The van der Waals surface area contributed by atoms with Crippen LogP contribution in [-0.4, -0.2) is 14.6 Å². The summed E-state index contributed by atoms with van der Waals surface area (Å²) in [6, 6.07) is 9.92. The molecule has 1 atom stereocenters. The first-order chi connectivity index (χ1) is 9.63. The van der Waals surface area contributed by atoms with E-state index in [2.05, 4.69) is 15.4 Å². The van der Waals surface area contributed by atoms with E-state index in [0.29, 0.717) is 22.2 Å². The number of hydrogen-bond acceptors (Lipinski definition) is 3. The van der Waals surface area contributed by atoms with Crippen LogP contribution in [0.4, 0.5) is 10.3 Å². The molecule has 0 spiro atoms. The van der Waals surface area contributed by atoms with E-state index in [1.54, 1.807) is 41.0 Å². The van der Waals surface area contributed by atoms with Gasteiger partial charge in [-0.1, -0.05) is 29.8 Å². The highest BCUT2D eigenvalue weighted by molar-refractivity contribution is 6.30. The van der Waals surface area contributed by atoms with Crippen LogP contribution in [0.3, 0.4) is 0 Å². The van der Waals surface area contributed by atoms with E-state index in [4.69, 9.17) is 11.6 Å². The smallest absolute Gasteiger partial charge is 0.243 e. The zero-order chi connectivity index (χ0) is 14.1. The fourth-order valence-electron chi connectivity index (χ4n) is 2.02. The molecule has 3 aromatic rings. The van der Waals surface area contributed by atoms with E-state index in [1.807, 2.05) is 6.92 Å². The normalized spacial score (nSPS) is 12.6. The molecule has 0 saturated carbocycles. The largest absolute Gasteiger partial charge is 0.346 e. The summed E-state index contributed by atoms with van der Waals surface area (Å²) >= 11 is 5.89. The molecule has 20 heavy (non-hydrogen) atoms. The van der Waals surface area contributed by atoms with Crippen LogP contribution in [0, 0.1) is 5.82 Å². The first-order valence-electron chi connectivity index (χ1n) is 6.16. The third kappa shape index (κ3) is 2.44. The van der Waals surface area contributed by atoms with Crippen molar-refractivity contribution in [1.82, 2.24) is 14.6 Å². The van der Waals surface area contributed by atoms with Gasteiger partial charge in [-0.05, 0) is 25.1 Å². The second kappa shape index (κ2) is 5.09. The van der Waals surface area contributed by atoms with Gasteiger partial charge < -0.3 is 5.32 Å². The minimum absolute atomic E-state index is 0.232. The predicted octanol–water partition coefficient (Wildman–Crippen LogP) is 3.69. The topological polar surface area (TPSA) is 42.2 Å². The van der Waals surface area contributed by atoms with Gasteiger partial charge in [0.25, 0.3) is 0 Å². The number of nitrogens with zero attached hydrogens (tertiary/aromatic N) is 3. The number of pyridine rings is 1. The van der Waals surface area contributed by atoms with Gasteiger partial charge in [-0.25, -0.2) is 8.91 Å². The minimum Gasteiger partial charge on any atom is -0.346 e. The Labute approximate surface area is 120 Å². The number of rotatable bonds is 3. The molecule has 1 aromatic carbocycles. The van der Waals surface area contributed by atoms with E-state index in [9.17, 15) is 4.39 Å². The highest BCUT2D eigenvalue weighted by Crippen LogP contribution is 2.20. The molecule has 0 aliphatic carbocycles. The number of anilines is 1. The summed E-state index contributed by atoms with van der Waals surface area (Å²) in [4.78, 5) is 4.31. The van der Waals surface area contributed by atoms with Crippen molar-refractivity contribution >= 4 is 23.2 Å². The molecule has 3 rings (SSSR count). The summed E-state index contributed by atoms with van der Waals surface area (Å²) in [6.07, 6.45) is 1.67. The average Bonchev–Trinajstić information content (AvgIpc) is 2.80. The number of nitrogens with one attached hydrogen (secondary N) is 1. The van der Waals surface area contributed by atoms with Crippen molar-refractivity contribution in [2.45, 2.75) is 13.0 Å². The van der Waals surface area contributed by atoms with Crippen molar-refractivity contribution in [3.8, 4) is 0 Å². The van der Waals surface area contributed by atoms with Gasteiger partial charge in [0.05, 0.1) is 11.1 Å². The van der Waals surface area contributed by atoms with Crippen molar-refractivity contribution < 1.29 is 4.39 Å². The van der Waals surface area contributed by atoms with Crippen molar-refractivity contribution in [3.05, 3.63) is 59.0 Å². The number of fused-ring (bicyclic) bond motifs is 1. The van der Waals surface area contributed by atoms with Crippen LogP contribution >= 0.6 is 11.6 Å². The third-order valence-corrected chi connectivity index (χ3v) is 3.24. The lowest BCUT2D eigenvalue weighted by atomic mass is 10.1. The lowest BCUT2D eigenvalue weighted by Crippen LogP contribution is -2.09. The van der Waals surface area contributed by atoms with Crippen LogP contribution in [0.5, 0.6) is 0 Å². The maximum atomic E-state index is 13.7. The number of benzene rings is 1. The third-order valence-electron chi connectivity index (χ3n) is 3.01. The maximum Gasteiger partial charge on any atom is 0.243 e. The molecule has 0 aliphatic rings. The quantitative estimate of drug-likeness (QED) is 0.800. The van der Waals surface area contributed by atoms with Gasteiger partial charge in [0.2, 0.25) is 5.95 Å². The summed E-state index contributed by atoms with van der Waals surface area (Å²) in [5.74, 6) is 0.183. The Bertz CT molecular complexity index is 756. The van der Waals surface area contributed by atoms with Gasteiger partial charge in [-0.2, -0.15) is 4.98 Å². The van der Waals surface area contributed by atoms with Crippen LogP contribution < -0.4 is 5.32 Å². The Balaban J connectivity index is 1.87. The molecule has 0 fully saturated rings. The van der Waals surface area contributed by atoms with Crippen LogP contribution in [0.25, 0.3) is 5.65 Å². The molecule has 0 saturated heterocycles. The summed E-state index contributed by atoms with van der Waals surface area (Å²) in [7, 11) is 0. The molecule has 0 radical (unpaired) electrons. The van der Waals surface area contributed by atoms with E-state index >= 15 is 0 Å². The van der Waals surface area contributed by atoms with Crippen molar-refractivity contribution in [1.29, 1.82) is 0 Å². The highest BCUT2D eigenvalue weighted by Gasteiger charge is 2.12. The van der Waals surface area contributed by atoms with E-state index in [0.717, 1.165) is 0 Å². The van der Waals surface area contributed by atoms with Gasteiger partial charge in [0.15, 0.2) is 5.65 Å². The second-order valence-electron chi connectivity index (χ2n) is 4.47. The SMILES string of the molecule is CC(Nc1nc2ccc(Cl)cn2n1)c1ccccc1F. The Hall–Kier alpha value is -2.14. The molecule has 0 bridgehead atoms. The monoisotopic (exact) mass is 290 g/mol. The summed E-state index contributed by atoms with van der Waals surface area (Å²) in [5.41, 5.74) is 1.25. The van der Waals surface area contributed by atoms with Gasteiger partial charge in [0, 0.05) is 11.8 Å². The van der Waals surface area contributed by atoms with Crippen molar-refractivity contribution in [3.63, 3.8) is 0 Å². The summed E-state index contributed by atoms with van der Waals surface area (Å²) in [5, 5.41) is 7.92. The molecule has 1 N–H and O–H groups in total. The van der Waals surface area contributed by atoms with Gasteiger partial charge in [-0.15, -0.1) is 5.10 Å². The highest BCUT2D eigenvalue weighted by atomic mass is 35.5. The van der Waals surface area contributed by atoms with Gasteiger partial charge in [0.1, 0.15) is 5.82 Å². The molecule has 6 heteroatoms. The van der Waals surface area contributed by atoms with Crippen LogP contribution in [0.1, 0.15) is 18.5 Å². The van der Waals surface area contributed by atoms with E-state index in [-0.39, 0.29) is 11.9 Å². The minimum atomic E-state index is -0.251. The van der Waals surface area contributed by atoms with Crippen LogP contribution in [-0.2, 0) is 0 Å². The Morgan fingerprint density at radius 1 is 1.25 bits per heavy atom. The molecular weight excluding hydrogens is 279 g/mol. The molecule has 0 aliphatic heterocycles. The standard InChI is InChI=1S/C14H12ClFN4/c1-9(11-4-2-3-5-12(11)16)17-14-18-13-7-6-10(15)8-20(13)19-14/h2-9H,1H3,(H,17,19). The van der Waals surface area contributed by atoms with Crippen molar-refractivity contribution in [2.75, 3.05) is 5.32 Å². The maximum absolute atomic E-state index is 13.7. The average molecular weight is 291 g/mol. The first-order valence-corrected chi connectivity index (χ1v) is 6.54. The van der Waals surface area contributed by atoms with Crippen LogP contribution in [0.2, 0.25) is 5.02 Å². The molecule has 2 heterocycles. The molecule has 4 nitrogen and oxygen atoms in total. The number of hydrogen-bond donors (Lipinski definition) is 1. The molecule has 102 valence electrons. The lowest BCUT2D eigenvalue weighted by Gasteiger charge is -2.13. The van der Waals surface area contributed by atoms with Crippen molar-refractivity contribution in [2.24, 2.45) is 0 Å². The summed E-state index contributed by atoms with van der Waals surface area (Å²) < 4.78 is 15.3. The van der Waals surface area contributed by atoms with Gasteiger partial charge in [-0.3, -0.25) is 0 Å². The Kier molecular flexibility index (Phi) is 3.28. The molecule has 2 aromatic heterocycles. The number of aromatic nitrogens is 3. The van der Waals surface area contributed by atoms with Gasteiger partial charge >= 0.3 is 0 Å². The Morgan fingerprint density at radius 2 is 2.05 bits per heavy atom. The predicted molar refractivity (Wildman–Crippen MR) is 76.4 cm³/mol. The Morgan fingerprint density at radius 3 is 2.85 bits per heavy atom. The zero-order valence-electron chi connectivity index (χ0n) is 10.7. The molecular formula is C14H12ClFN4. The fraction of sp³-hybridized carbons (Fsp3) is 0.143. The van der Waals surface area contributed by atoms with Crippen LogP contribution in [0.15, 0.2) is 42.6 Å². The summed E-state index contributed by atoms with van der Waals surface area (Å²) in [6.45, 7) is 1.86. The molecule has 1 unspecified atom stereocenters. The first kappa shape index (κ1) is 12.9. The van der Waals surface area contributed by atoms with E-state index < -0.39 is 0 Å². The zero-order valence-corrected chi connectivity index (χ0v) is 11.5.